The summed E-state index contributed by atoms with van der Waals surface area (Å²) in [5.74, 6) is -3.43. The topological polar surface area (TPSA) is 128 Å². The SMILES string of the molecule is CC(C)[C@H](NC(=O)OC(C)(C)C)C(=O)N[C@H](C(=O)OC1C(=O)c2ccccc2C1=O)C(C)C. The van der Waals surface area contributed by atoms with Crippen LogP contribution < -0.4 is 10.6 Å². The van der Waals surface area contributed by atoms with Crippen LogP contribution in [0.4, 0.5) is 4.79 Å². The number of fused-ring (bicyclic) bond motifs is 1. The molecule has 2 atom stereocenters. The molecule has 2 amide bonds. The van der Waals surface area contributed by atoms with E-state index in [1.807, 2.05) is 0 Å². The molecule has 180 valence electrons. The van der Waals surface area contributed by atoms with Gasteiger partial charge in [0, 0.05) is 11.1 Å². The monoisotopic (exact) mass is 460 g/mol. The first-order chi connectivity index (χ1) is 15.2. The number of ketones is 2. The molecule has 2 rings (SSSR count). The van der Waals surface area contributed by atoms with Crippen LogP contribution in [-0.4, -0.2) is 53.3 Å². The molecular formula is C24H32N2O7. The van der Waals surface area contributed by atoms with Gasteiger partial charge in [0.15, 0.2) is 0 Å². The van der Waals surface area contributed by atoms with Crippen molar-refractivity contribution in [2.45, 2.75) is 72.3 Å². The van der Waals surface area contributed by atoms with Crippen molar-refractivity contribution in [2.24, 2.45) is 11.8 Å². The highest BCUT2D eigenvalue weighted by Crippen LogP contribution is 2.25. The lowest BCUT2D eigenvalue weighted by molar-refractivity contribution is -0.151. The number of rotatable bonds is 7. The molecule has 9 nitrogen and oxygen atoms in total. The Morgan fingerprint density at radius 3 is 1.76 bits per heavy atom. The first-order valence-electron chi connectivity index (χ1n) is 10.9. The number of alkyl carbamates (subject to hydrolysis) is 1. The quantitative estimate of drug-likeness (QED) is 0.473. The van der Waals surface area contributed by atoms with Gasteiger partial charge in [-0.2, -0.15) is 0 Å². The maximum Gasteiger partial charge on any atom is 0.408 e. The molecule has 0 saturated heterocycles. The fourth-order valence-corrected chi connectivity index (χ4v) is 3.32. The van der Waals surface area contributed by atoms with Crippen LogP contribution in [0.5, 0.6) is 0 Å². The summed E-state index contributed by atoms with van der Waals surface area (Å²) >= 11 is 0. The van der Waals surface area contributed by atoms with Gasteiger partial charge < -0.3 is 20.1 Å². The number of Topliss-reactive ketones (excluding diaryl/α,β-unsaturated/α-hetero) is 2. The van der Waals surface area contributed by atoms with Crippen molar-refractivity contribution in [2.75, 3.05) is 0 Å². The van der Waals surface area contributed by atoms with Gasteiger partial charge in [0.2, 0.25) is 23.6 Å². The highest BCUT2D eigenvalue weighted by atomic mass is 16.6. The predicted molar refractivity (Wildman–Crippen MR) is 120 cm³/mol. The van der Waals surface area contributed by atoms with E-state index in [0.29, 0.717) is 0 Å². The van der Waals surface area contributed by atoms with Gasteiger partial charge in [-0.05, 0) is 32.6 Å². The lowest BCUT2D eigenvalue weighted by Crippen LogP contribution is -2.56. The zero-order chi connectivity index (χ0) is 25.1. The molecule has 0 bridgehead atoms. The number of carbonyl (C=O) groups excluding carboxylic acids is 5. The van der Waals surface area contributed by atoms with Gasteiger partial charge in [0.05, 0.1) is 0 Å². The Hall–Kier alpha value is -3.23. The molecule has 2 N–H and O–H groups in total. The smallest absolute Gasteiger partial charge is 0.408 e. The number of esters is 1. The van der Waals surface area contributed by atoms with Crippen molar-refractivity contribution >= 4 is 29.5 Å². The summed E-state index contributed by atoms with van der Waals surface area (Å²) in [7, 11) is 0. The number of benzene rings is 1. The second-order valence-corrected chi connectivity index (χ2v) is 9.69. The van der Waals surface area contributed by atoms with Crippen LogP contribution in [0.25, 0.3) is 0 Å². The zero-order valence-corrected chi connectivity index (χ0v) is 20.1. The molecule has 0 saturated carbocycles. The summed E-state index contributed by atoms with van der Waals surface area (Å²) < 4.78 is 10.5. The van der Waals surface area contributed by atoms with Gasteiger partial charge in [0.25, 0.3) is 0 Å². The summed E-state index contributed by atoms with van der Waals surface area (Å²) in [6.07, 6.45) is -2.34. The molecule has 0 spiro atoms. The van der Waals surface area contributed by atoms with E-state index in [1.165, 1.54) is 12.1 Å². The van der Waals surface area contributed by atoms with Crippen molar-refractivity contribution in [3.8, 4) is 0 Å². The molecule has 0 heterocycles. The van der Waals surface area contributed by atoms with E-state index in [0.717, 1.165) is 0 Å². The first kappa shape index (κ1) is 26.0. The Bertz CT molecular complexity index is 911. The highest BCUT2D eigenvalue weighted by Gasteiger charge is 2.43. The summed E-state index contributed by atoms with van der Waals surface area (Å²) in [4.78, 5) is 63.0. The second-order valence-electron chi connectivity index (χ2n) is 9.69. The van der Waals surface area contributed by atoms with E-state index in [2.05, 4.69) is 10.6 Å². The molecule has 9 heteroatoms. The molecule has 1 aliphatic carbocycles. The molecule has 0 aromatic heterocycles. The molecule has 1 aliphatic rings. The third-order valence-corrected chi connectivity index (χ3v) is 5.01. The lowest BCUT2D eigenvalue weighted by Gasteiger charge is -2.28. The number of amides is 2. The van der Waals surface area contributed by atoms with Gasteiger partial charge in [0.1, 0.15) is 17.7 Å². The number of hydrogen-bond acceptors (Lipinski definition) is 7. The van der Waals surface area contributed by atoms with Crippen molar-refractivity contribution in [3.63, 3.8) is 0 Å². The number of hydrogen-bond donors (Lipinski definition) is 2. The fraction of sp³-hybridized carbons (Fsp3) is 0.542. The molecule has 0 unspecified atom stereocenters. The molecule has 33 heavy (non-hydrogen) atoms. The van der Waals surface area contributed by atoms with E-state index in [1.54, 1.807) is 60.6 Å². The summed E-state index contributed by atoms with van der Waals surface area (Å²) in [6.45, 7) is 11.9. The average Bonchev–Trinajstić information content (AvgIpc) is 2.93. The number of ether oxygens (including phenoxy) is 2. The fourth-order valence-electron chi connectivity index (χ4n) is 3.32. The summed E-state index contributed by atoms with van der Waals surface area (Å²) in [6, 6.07) is 4.13. The largest absolute Gasteiger partial charge is 0.444 e. The number of nitrogens with one attached hydrogen (secondary N) is 2. The average molecular weight is 461 g/mol. The first-order valence-corrected chi connectivity index (χ1v) is 10.9. The van der Waals surface area contributed by atoms with Crippen molar-refractivity contribution < 1.29 is 33.4 Å². The van der Waals surface area contributed by atoms with E-state index in [-0.39, 0.29) is 17.0 Å². The van der Waals surface area contributed by atoms with Gasteiger partial charge in [-0.25, -0.2) is 9.59 Å². The van der Waals surface area contributed by atoms with E-state index < -0.39 is 59.2 Å². The molecular weight excluding hydrogens is 428 g/mol. The Morgan fingerprint density at radius 2 is 1.33 bits per heavy atom. The van der Waals surface area contributed by atoms with Crippen LogP contribution in [0, 0.1) is 11.8 Å². The minimum atomic E-state index is -1.58. The van der Waals surface area contributed by atoms with E-state index in [4.69, 9.17) is 9.47 Å². The van der Waals surface area contributed by atoms with E-state index >= 15 is 0 Å². The normalized spacial score (nSPS) is 15.8. The third kappa shape index (κ3) is 6.40. The zero-order valence-electron chi connectivity index (χ0n) is 20.1. The predicted octanol–water partition coefficient (Wildman–Crippen LogP) is 2.67. The Kier molecular flexibility index (Phi) is 8.00. The van der Waals surface area contributed by atoms with Crippen molar-refractivity contribution in [3.05, 3.63) is 35.4 Å². The van der Waals surface area contributed by atoms with Crippen LogP contribution >= 0.6 is 0 Å². The minimum absolute atomic E-state index is 0.201. The highest BCUT2D eigenvalue weighted by molar-refractivity contribution is 6.29. The maximum atomic E-state index is 12.9. The standard InChI is InChI=1S/C24H32N2O7/c1-12(2)16(26-23(31)33-24(5,6)7)21(29)25-17(13(3)4)22(30)32-20-18(27)14-10-8-9-11-15(14)19(20)28/h8-13,16-17,20H,1-7H3,(H,25,29)(H,26,31)/t16-,17-/m0/s1. The molecule has 1 aromatic carbocycles. The van der Waals surface area contributed by atoms with Crippen LogP contribution in [0.15, 0.2) is 24.3 Å². The van der Waals surface area contributed by atoms with Crippen LogP contribution in [-0.2, 0) is 19.1 Å². The van der Waals surface area contributed by atoms with Crippen LogP contribution in [0.1, 0.15) is 69.2 Å². The molecule has 1 aromatic rings. The third-order valence-electron chi connectivity index (χ3n) is 5.01. The molecule has 0 radical (unpaired) electrons. The molecule has 0 aliphatic heterocycles. The van der Waals surface area contributed by atoms with Gasteiger partial charge in [-0.1, -0.05) is 52.0 Å². The Labute approximate surface area is 193 Å². The van der Waals surface area contributed by atoms with Gasteiger partial charge >= 0.3 is 12.1 Å². The van der Waals surface area contributed by atoms with Gasteiger partial charge in [-0.15, -0.1) is 0 Å². The molecule has 0 fully saturated rings. The number of carbonyl (C=O) groups is 5. The Morgan fingerprint density at radius 1 is 0.848 bits per heavy atom. The minimum Gasteiger partial charge on any atom is -0.444 e. The van der Waals surface area contributed by atoms with Gasteiger partial charge in [-0.3, -0.25) is 14.4 Å². The van der Waals surface area contributed by atoms with E-state index in [9.17, 15) is 24.0 Å². The van der Waals surface area contributed by atoms with Crippen molar-refractivity contribution in [1.82, 2.24) is 10.6 Å². The second kappa shape index (κ2) is 10.1. The van der Waals surface area contributed by atoms with Crippen LogP contribution in [0.2, 0.25) is 0 Å². The van der Waals surface area contributed by atoms with Crippen LogP contribution in [0.3, 0.4) is 0 Å². The summed E-state index contributed by atoms with van der Waals surface area (Å²) in [5, 5.41) is 5.11. The lowest BCUT2D eigenvalue weighted by atomic mass is 10.0. The summed E-state index contributed by atoms with van der Waals surface area (Å²) in [5.41, 5.74) is -0.344. The van der Waals surface area contributed by atoms with Crippen molar-refractivity contribution in [1.29, 1.82) is 0 Å². The Balaban J connectivity index is 2.12. The maximum absolute atomic E-state index is 12.9.